The molecule has 1 rings (SSSR count). The molecule has 0 saturated carbocycles. The van der Waals surface area contributed by atoms with Gasteiger partial charge < -0.3 is 5.73 Å². The van der Waals surface area contributed by atoms with Gasteiger partial charge in [0.25, 0.3) is 6.43 Å². The number of hydrogen-bond acceptors (Lipinski definition) is 2. The number of anilines is 1. The minimum Gasteiger partial charge on any atom is -0.384 e. The van der Waals surface area contributed by atoms with Gasteiger partial charge in [0.05, 0.1) is 5.69 Å². The second kappa shape index (κ2) is 3.47. The van der Waals surface area contributed by atoms with E-state index in [0.29, 0.717) is 12.1 Å². The topological polar surface area (TPSA) is 38.9 Å². The van der Waals surface area contributed by atoms with Crippen LogP contribution in [0.4, 0.5) is 14.6 Å². The first-order valence-corrected chi connectivity index (χ1v) is 3.68. The fourth-order valence-electron chi connectivity index (χ4n) is 1.01. The van der Waals surface area contributed by atoms with Crippen molar-refractivity contribution in [3.8, 4) is 0 Å². The van der Waals surface area contributed by atoms with Crippen LogP contribution in [0.2, 0.25) is 0 Å². The summed E-state index contributed by atoms with van der Waals surface area (Å²) >= 11 is 0. The van der Waals surface area contributed by atoms with Crippen LogP contribution in [0.15, 0.2) is 12.1 Å². The molecule has 1 aromatic rings. The Morgan fingerprint density at radius 2 is 2.17 bits per heavy atom. The van der Waals surface area contributed by atoms with E-state index >= 15 is 0 Å². The van der Waals surface area contributed by atoms with Gasteiger partial charge in [0.1, 0.15) is 5.82 Å². The van der Waals surface area contributed by atoms with E-state index in [9.17, 15) is 8.78 Å². The molecule has 0 aliphatic carbocycles. The Morgan fingerprint density at radius 3 is 2.67 bits per heavy atom. The Kier molecular flexibility index (Phi) is 2.58. The van der Waals surface area contributed by atoms with E-state index in [4.69, 9.17) is 5.73 Å². The summed E-state index contributed by atoms with van der Waals surface area (Å²) < 4.78 is 24.5. The molecule has 0 amide bonds. The first-order valence-electron chi connectivity index (χ1n) is 3.68. The van der Waals surface area contributed by atoms with Crippen molar-refractivity contribution in [3.63, 3.8) is 0 Å². The van der Waals surface area contributed by atoms with E-state index in [2.05, 4.69) is 4.98 Å². The molecule has 0 aromatic carbocycles. The second-order valence-electron chi connectivity index (χ2n) is 2.43. The third-order valence-electron chi connectivity index (χ3n) is 1.60. The summed E-state index contributed by atoms with van der Waals surface area (Å²) in [6.45, 7) is 1.77. The number of pyridine rings is 1. The molecule has 1 aromatic heterocycles. The van der Waals surface area contributed by atoms with Crippen LogP contribution in [0.5, 0.6) is 0 Å². The zero-order valence-electron chi connectivity index (χ0n) is 6.72. The van der Waals surface area contributed by atoms with Crippen LogP contribution in [0.1, 0.15) is 24.6 Å². The number of nitrogens with two attached hydrogens (primary N) is 1. The summed E-state index contributed by atoms with van der Waals surface area (Å²) in [6.07, 6.45) is -1.99. The molecule has 0 aliphatic rings. The van der Waals surface area contributed by atoms with Gasteiger partial charge in [-0.1, -0.05) is 6.92 Å². The third-order valence-corrected chi connectivity index (χ3v) is 1.60. The van der Waals surface area contributed by atoms with Crippen LogP contribution in [-0.4, -0.2) is 4.98 Å². The van der Waals surface area contributed by atoms with Crippen molar-refractivity contribution < 1.29 is 8.78 Å². The summed E-state index contributed by atoms with van der Waals surface area (Å²) in [5.74, 6) is 0.288. The molecule has 12 heavy (non-hydrogen) atoms. The van der Waals surface area contributed by atoms with Gasteiger partial charge in [0.2, 0.25) is 0 Å². The van der Waals surface area contributed by atoms with Crippen LogP contribution >= 0.6 is 0 Å². The molecule has 0 fully saturated rings. The minimum atomic E-state index is -2.46. The van der Waals surface area contributed by atoms with Gasteiger partial charge in [-0.05, 0) is 18.6 Å². The third kappa shape index (κ3) is 1.69. The molecular formula is C8H10F2N2. The lowest BCUT2D eigenvalue weighted by molar-refractivity contribution is 0.150. The fourth-order valence-corrected chi connectivity index (χ4v) is 1.01. The number of rotatable bonds is 2. The Labute approximate surface area is 69.4 Å². The number of nitrogen functional groups attached to an aromatic ring is 1. The van der Waals surface area contributed by atoms with Gasteiger partial charge in [-0.3, -0.25) is 0 Å². The predicted octanol–water partition coefficient (Wildman–Crippen LogP) is 2.16. The van der Waals surface area contributed by atoms with Gasteiger partial charge in [-0.15, -0.1) is 0 Å². The van der Waals surface area contributed by atoms with Gasteiger partial charge in [-0.2, -0.15) is 0 Å². The van der Waals surface area contributed by atoms with E-state index in [1.807, 2.05) is 0 Å². The van der Waals surface area contributed by atoms with Crippen molar-refractivity contribution >= 4 is 5.82 Å². The highest BCUT2D eigenvalue weighted by atomic mass is 19.3. The smallest absolute Gasteiger partial charge is 0.265 e. The van der Waals surface area contributed by atoms with Crippen molar-refractivity contribution in [3.05, 3.63) is 23.4 Å². The molecule has 0 radical (unpaired) electrons. The zero-order valence-corrected chi connectivity index (χ0v) is 6.72. The molecule has 2 nitrogen and oxygen atoms in total. The molecule has 2 N–H and O–H groups in total. The summed E-state index contributed by atoms with van der Waals surface area (Å²) in [5.41, 5.74) is 5.71. The zero-order chi connectivity index (χ0) is 9.14. The van der Waals surface area contributed by atoms with Crippen molar-refractivity contribution in [1.29, 1.82) is 0 Å². The number of hydrogen-bond donors (Lipinski definition) is 1. The summed E-state index contributed by atoms with van der Waals surface area (Å²) in [4.78, 5) is 3.81. The lowest BCUT2D eigenvalue weighted by Crippen LogP contribution is -2.00. The Morgan fingerprint density at radius 1 is 1.50 bits per heavy atom. The number of halogens is 2. The summed E-state index contributed by atoms with van der Waals surface area (Å²) in [5, 5.41) is 0. The number of alkyl halides is 2. The molecule has 0 atom stereocenters. The highest BCUT2D eigenvalue weighted by Crippen LogP contribution is 2.22. The SMILES string of the molecule is CCc1nc(N)ccc1C(F)F. The normalized spacial score (nSPS) is 10.7. The van der Waals surface area contributed by atoms with E-state index < -0.39 is 6.43 Å². The summed E-state index contributed by atoms with van der Waals surface area (Å²) in [7, 11) is 0. The lowest BCUT2D eigenvalue weighted by Gasteiger charge is -2.05. The van der Waals surface area contributed by atoms with Gasteiger partial charge in [0.15, 0.2) is 0 Å². The van der Waals surface area contributed by atoms with E-state index in [-0.39, 0.29) is 11.4 Å². The Bertz CT molecular complexity index is 274. The average molecular weight is 172 g/mol. The Balaban J connectivity index is 3.11. The maximum Gasteiger partial charge on any atom is 0.265 e. The largest absolute Gasteiger partial charge is 0.384 e. The average Bonchev–Trinajstić information content (AvgIpc) is 2.03. The minimum absolute atomic E-state index is 0.0216. The molecule has 66 valence electrons. The molecule has 0 aliphatic heterocycles. The lowest BCUT2D eigenvalue weighted by atomic mass is 10.1. The van der Waals surface area contributed by atoms with E-state index in [1.54, 1.807) is 6.92 Å². The first kappa shape index (κ1) is 8.90. The summed E-state index contributed by atoms with van der Waals surface area (Å²) in [6, 6.07) is 2.71. The monoisotopic (exact) mass is 172 g/mol. The van der Waals surface area contributed by atoms with Crippen molar-refractivity contribution in [2.75, 3.05) is 5.73 Å². The number of aromatic nitrogens is 1. The number of aryl methyl sites for hydroxylation is 1. The first-order chi connectivity index (χ1) is 5.65. The van der Waals surface area contributed by atoms with Crippen LogP contribution < -0.4 is 5.73 Å². The standard InChI is InChI=1S/C8H10F2N2/c1-2-6-5(8(9)10)3-4-7(11)12-6/h3-4,8H,2H2,1H3,(H2,11,12). The van der Waals surface area contributed by atoms with E-state index in [1.165, 1.54) is 12.1 Å². The van der Waals surface area contributed by atoms with Crippen LogP contribution in [-0.2, 0) is 6.42 Å². The molecular weight excluding hydrogens is 162 g/mol. The molecule has 0 bridgehead atoms. The molecule has 0 spiro atoms. The Hall–Kier alpha value is -1.19. The van der Waals surface area contributed by atoms with Gasteiger partial charge >= 0.3 is 0 Å². The quantitative estimate of drug-likeness (QED) is 0.742. The number of nitrogens with zero attached hydrogens (tertiary/aromatic N) is 1. The van der Waals surface area contributed by atoms with Crippen LogP contribution in [0.3, 0.4) is 0 Å². The van der Waals surface area contributed by atoms with Gasteiger partial charge in [0, 0.05) is 5.56 Å². The highest BCUT2D eigenvalue weighted by molar-refractivity contribution is 5.34. The second-order valence-corrected chi connectivity index (χ2v) is 2.43. The van der Waals surface area contributed by atoms with Crippen LogP contribution in [0.25, 0.3) is 0 Å². The van der Waals surface area contributed by atoms with Crippen molar-refractivity contribution in [2.24, 2.45) is 0 Å². The van der Waals surface area contributed by atoms with Gasteiger partial charge in [-0.25, -0.2) is 13.8 Å². The van der Waals surface area contributed by atoms with Crippen LogP contribution in [0, 0.1) is 0 Å². The van der Waals surface area contributed by atoms with Crippen molar-refractivity contribution in [1.82, 2.24) is 4.98 Å². The maximum atomic E-state index is 12.3. The fraction of sp³-hybridized carbons (Fsp3) is 0.375. The van der Waals surface area contributed by atoms with E-state index in [0.717, 1.165) is 0 Å². The predicted molar refractivity (Wildman–Crippen MR) is 43.0 cm³/mol. The maximum absolute atomic E-state index is 12.3. The molecule has 0 saturated heterocycles. The highest BCUT2D eigenvalue weighted by Gasteiger charge is 2.12. The van der Waals surface area contributed by atoms with Crippen molar-refractivity contribution in [2.45, 2.75) is 19.8 Å². The molecule has 0 unspecified atom stereocenters. The molecule has 1 heterocycles. The molecule has 4 heteroatoms.